The Kier molecular flexibility index (Phi) is 6.09. The van der Waals surface area contributed by atoms with Crippen LogP contribution in [0.3, 0.4) is 0 Å². The molecule has 124 valence electrons. The molecule has 0 radical (unpaired) electrons. The van der Waals surface area contributed by atoms with E-state index in [1.54, 1.807) is 0 Å². The fourth-order valence-corrected chi connectivity index (χ4v) is 5.59. The van der Waals surface area contributed by atoms with Crippen molar-refractivity contribution in [2.24, 2.45) is 10.9 Å². The van der Waals surface area contributed by atoms with E-state index in [-0.39, 0.29) is 11.3 Å². The summed E-state index contributed by atoms with van der Waals surface area (Å²) in [7, 11) is 0. The monoisotopic (exact) mass is 344 g/mol. The van der Waals surface area contributed by atoms with Crippen LogP contribution in [-0.2, 0) is 0 Å². The molecule has 1 fully saturated rings. The molecular formula is C17H26ClFN2S. The summed E-state index contributed by atoms with van der Waals surface area (Å²) in [5.74, 6) is 1.94. The number of alkyl halides is 2. The van der Waals surface area contributed by atoms with Crippen molar-refractivity contribution in [2.75, 3.05) is 18.8 Å². The quantitative estimate of drug-likeness (QED) is 0.748. The Bertz CT molecular complexity index is 442. The van der Waals surface area contributed by atoms with Crippen molar-refractivity contribution in [3.8, 4) is 0 Å². The lowest BCUT2D eigenvalue weighted by atomic mass is 9.88. The van der Waals surface area contributed by atoms with Gasteiger partial charge in [-0.3, -0.25) is 4.99 Å². The van der Waals surface area contributed by atoms with Gasteiger partial charge in [-0.05, 0) is 56.3 Å². The molecule has 1 N–H and O–H groups in total. The van der Waals surface area contributed by atoms with Gasteiger partial charge in [0.15, 0.2) is 0 Å². The highest BCUT2D eigenvalue weighted by atomic mass is 35.5. The van der Waals surface area contributed by atoms with Gasteiger partial charge >= 0.3 is 0 Å². The largest absolute Gasteiger partial charge is 0.370 e. The minimum atomic E-state index is -0.721. The Morgan fingerprint density at radius 3 is 2.82 bits per heavy atom. The summed E-state index contributed by atoms with van der Waals surface area (Å²) < 4.78 is 14.2. The first-order valence-electron chi connectivity index (χ1n) is 8.67. The molecule has 1 heterocycles. The second-order valence-electron chi connectivity index (χ2n) is 6.56. The maximum atomic E-state index is 14.2. The molecule has 0 aromatic heterocycles. The Balaban J connectivity index is 1.68. The molecule has 0 spiro atoms. The number of allylic oxidation sites excluding steroid dienone is 1. The first-order valence-corrected chi connectivity index (χ1v) is 10.1. The molecule has 0 aromatic rings. The van der Waals surface area contributed by atoms with Crippen molar-refractivity contribution in [3.63, 3.8) is 0 Å². The highest BCUT2D eigenvalue weighted by Crippen LogP contribution is 2.39. The van der Waals surface area contributed by atoms with E-state index in [4.69, 9.17) is 11.6 Å². The molecule has 0 amide bonds. The van der Waals surface area contributed by atoms with Crippen molar-refractivity contribution in [1.82, 2.24) is 5.32 Å². The summed E-state index contributed by atoms with van der Waals surface area (Å²) in [6.07, 6.45) is 7.72. The molecule has 1 saturated carbocycles. The maximum absolute atomic E-state index is 14.2. The minimum absolute atomic E-state index is 0.00837. The Hall–Kier alpha value is -0.220. The summed E-state index contributed by atoms with van der Waals surface area (Å²) in [5.41, 5.74) is 1.40. The molecule has 2 aliphatic carbocycles. The van der Waals surface area contributed by atoms with Crippen LogP contribution >= 0.6 is 23.4 Å². The van der Waals surface area contributed by atoms with Crippen LogP contribution in [0.5, 0.6) is 0 Å². The van der Waals surface area contributed by atoms with Crippen LogP contribution in [0, 0.1) is 5.92 Å². The summed E-state index contributed by atoms with van der Waals surface area (Å²) >= 11 is 8.22. The maximum Gasteiger partial charge on any atom is 0.124 e. The number of aliphatic imine (C=N–C) groups is 1. The fourth-order valence-electron chi connectivity index (χ4n) is 3.59. The average Bonchev–Trinajstić information content (AvgIpc) is 2.56. The van der Waals surface area contributed by atoms with E-state index in [0.29, 0.717) is 6.42 Å². The van der Waals surface area contributed by atoms with Gasteiger partial charge in [0.1, 0.15) is 12.0 Å². The topological polar surface area (TPSA) is 24.4 Å². The van der Waals surface area contributed by atoms with Gasteiger partial charge in [0.25, 0.3) is 0 Å². The standard InChI is InChI=1S/C17H26ClFN2S/c18-14-6-3-7-15(19)13(14)11-22-16-8-2-1-5-12(16)17-20-9-4-10-21-17/h13-15H,1-11H2,(H,20,21). The van der Waals surface area contributed by atoms with Gasteiger partial charge in [-0.2, -0.15) is 0 Å². The van der Waals surface area contributed by atoms with Gasteiger partial charge in [0.2, 0.25) is 0 Å². The predicted octanol–water partition coefficient (Wildman–Crippen LogP) is 4.69. The molecule has 3 unspecified atom stereocenters. The average molecular weight is 345 g/mol. The van der Waals surface area contributed by atoms with E-state index in [1.165, 1.54) is 23.3 Å². The lowest BCUT2D eigenvalue weighted by molar-refractivity contribution is 0.186. The number of rotatable bonds is 4. The van der Waals surface area contributed by atoms with Gasteiger partial charge in [0, 0.05) is 35.7 Å². The third kappa shape index (κ3) is 4.00. The molecule has 3 rings (SSSR count). The van der Waals surface area contributed by atoms with Crippen molar-refractivity contribution in [3.05, 3.63) is 10.5 Å². The summed E-state index contributed by atoms with van der Waals surface area (Å²) in [5, 5.41) is 3.46. The van der Waals surface area contributed by atoms with Crippen molar-refractivity contribution >= 4 is 29.2 Å². The van der Waals surface area contributed by atoms with E-state index in [0.717, 1.165) is 56.8 Å². The lowest BCUT2D eigenvalue weighted by Gasteiger charge is -2.31. The molecule has 2 nitrogen and oxygen atoms in total. The zero-order valence-electron chi connectivity index (χ0n) is 13.1. The molecule has 5 heteroatoms. The number of nitrogens with one attached hydrogen (secondary N) is 1. The zero-order chi connectivity index (χ0) is 15.4. The van der Waals surface area contributed by atoms with Gasteiger partial charge < -0.3 is 5.32 Å². The Morgan fingerprint density at radius 2 is 2.05 bits per heavy atom. The van der Waals surface area contributed by atoms with Gasteiger partial charge in [-0.25, -0.2) is 4.39 Å². The van der Waals surface area contributed by atoms with E-state index in [1.807, 2.05) is 11.8 Å². The van der Waals surface area contributed by atoms with Crippen molar-refractivity contribution < 1.29 is 4.39 Å². The van der Waals surface area contributed by atoms with Crippen LogP contribution in [0.25, 0.3) is 0 Å². The second-order valence-corrected chi connectivity index (χ2v) is 8.23. The first-order chi connectivity index (χ1) is 10.8. The van der Waals surface area contributed by atoms with Crippen molar-refractivity contribution in [2.45, 2.75) is 62.9 Å². The lowest BCUT2D eigenvalue weighted by Crippen LogP contribution is -2.33. The smallest absolute Gasteiger partial charge is 0.124 e. The fraction of sp³-hybridized carbons (Fsp3) is 0.824. The Morgan fingerprint density at radius 1 is 1.18 bits per heavy atom. The van der Waals surface area contributed by atoms with Crippen LogP contribution in [0.15, 0.2) is 15.5 Å². The molecular weight excluding hydrogens is 319 g/mol. The predicted molar refractivity (Wildman–Crippen MR) is 94.8 cm³/mol. The highest BCUT2D eigenvalue weighted by molar-refractivity contribution is 8.03. The van der Waals surface area contributed by atoms with Crippen LogP contribution in [-0.4, -0.2) is 36.2 Å². The van der Waals surface area contributed by atoms with E-state index in [2.05, 4.69) is 10.3 Å². The summed E-state index contributed by atoms with van der Waals surface area (Å²) in [6.45, 7) is 1.96. The normalized spacial score (nSPS) is 33.4. The minimum Gasteiger partial charge on any atom is -0.370 e. The SMILES string of the molecule is FC1CCCC(Cl)C1CSC1=C(C2=NCCCN2)CCCC1. The van der Waals surface area contributed by atoms with Crippen LogP contribution in [0.2, 0.25) is 0 Å². The van der Waals surface area contributed by atoms with Gasteiger partial charge in [-0.15, -0.1) is 23.4 Å². The van der Waals surface area contributed by atoms with Crippen LogP contribution < -0.4 is 5.32 Å². The molecule has 1 aliphatic heterocycles. The number of hydrogen-bond acceptors (Lipinski definition) is 3. The van der Waals surface area contributed by atoms with E-state index >= 15 is 0 Å². The van der Waals surface area contributed by atoms with Gasteiger partial charge in [0.05, 0.1) is 0 Å². The molecule has 3 atom stereocenters. The van der Waals surface area contributed by atoms with E-state index < -0.39 is 6.17 Å². The number of hydrogen-bond donors (Lipinski definition) is 1. The Labute approximate surface area is 142 Å². The van der Waals surface area contributed by atoms with Crippen molar-refractivity contribution in [1.29, 1.82) is 0 Å². The molecule has 0 bridgehead atoms. The third-order valence-electron chi connectivity index (χ3n) is 4.94. The molecule has 3 aliphatic rings. The number of nitrogens with zero attached hydrogens (tertiary/aromatic N) is 1. The number of halogens is 2. The molecule has 0 saturated heterocycles. The van der Waals surface area contributed by atoms with E-state index in [9.17, 15) is 4.39 Å². The zero-order valence-corrected chi connectivity index (χ0v) is 14.7. The number of amidine groups is 1. The highest BCUT2D eigenvalue weighted by Gasteiger charge is 2.32. The van der Waals surface area contributed by atoms with Crippen LogP contribution in [0.1, 0.15) is 51.4 Å². The summed E-state index contributed by atoms with van der Waals surface area (Å²) in [4.78, 5) is 6.09. The first kappa shape index (κ1) is 16.6. The molecule has 22 heavy (non-hydrogen) atoms. The van der Waals surface area contributed by atoms with Crippen LogP contribution in [0.4, 0.5) is 4.39 Å². The second kappa shape index (κ2) is 8.05. The third-order valence-corrected chi connectivity index (χ3v) is 6.83. The summed E-state index contributed by atoms with van der Waals surface area (Å²) in [6, 6.07) is 0. The number of thioether (sulfide) groups is 1. The molecule has 0 aromatic carbocycles. The van der Waals surface area contributed by atoms with Gasteiger partial charge in [-0.1, -0.05) is 0 Å².